The van der Waals surface area contributed by atoms with Crippen molar-refractivity contribution in [1.82, 2.24) is 0 Å². The van der Waals surface area contributed by atoms with Crippen molar-refractivity contribution in [3.63, 3.8) is 0 Å². The van der Waals surface area contributed by atoms with Crippen molar-refractivity contribution in [3.05, 3.63) is 0 Å². The Morgan fingerprint density at radius 2 is 0.389 bits per heavy atom. The van der Waals surface area contributed by atoms with Gasteiger partial charge in [-0.15, -0.1) is 50.9 Å². The van der Waals surface area contributed by atoms with Crippen LogP contribution in [0.25, 0.3) is 0 Å². The van der Waals surface area contributed by atoms with E-state index in [1.807, 2.05) is 62.3 Å². The smallest absolute Gasteiger partial charge is 0.00686 e. The van der Waals surface area contributed by atoms with Gasteiger partial charge in [0, 0.05) is 16.6 Å². The van der Waals surface area contributed by atoms with Gasteiger partial charge in [0.1, 0.15) is 0 Å². The van der Waals surface area contributed by atoms with E-state index in [4.69, 9.17) is 17.2 Å². The summed E-state index contributed by atoms with van der Waals surface area (Å²) in [6.45, 7) is 17.7. The van der Waals surface area contributed by atoms with Crippen LogP contribution in [0.2, 0.25) is 0 Å². The molecule has 0 saturated carbocycles. The highest BCUT2D eigenvalue weighted by molar-refractivity contribution is 8.93. The van der Waals surface area contributed by atoms with E-state index >= 15 is 0 Å². The number of nitrogens with two attached hydrogens (primary N) is 3. The molecule has 0 radical (unpaired) electrons. The fourth-order valence-electron chi connectivity index (χ4n) is 0. The Morgan fingerprint density at radius 1 is 0.389 bits per heavy atom. The first-order valence-electron chi connectivity index (χ1n) is 5.37. The first-order chi connectivity index (χ1) is 6.00. The van der Waals surface area contributed by atoms with Crippen LogP contribution in [0.1, 0.15) is 62.3 Å². The molecule has 0 heterocycles. The van der Waals surface area contributed by atoms with E-state index in [0.717, 1.165) is 0 Å². The minimum absolute atomic E-state index is 0. The lowest BCUT2D eigenvalue weighted by molar-refractivity contribution is 0.579. The molecule has 0 aliphatic rings. The monoisotopic (exact) mass is 459 g/mol. The Kier molecular flexibility index (Phi) is 29.9. The first kappa shape index (κ1) is 36.5. The van der Waals surface area contributed by atoms with Crippen molar-refractivity contribution < 1.29 is 0 Å². The van der Waals surface area contributed by atoms with Gasteiger partial charge in [-0.25, -0.2) is 0 Å². The summed E-state index contributed by atoms with van der Waals surface area (Å²) in [5.41, 5.74) is 16.1. The van der Waals surface area contributed by atoms with Gasteiger partial charge in [-0.3, -0.25) is 0 Å². The minimum atomic E-state index is 0. The van der Waals surface area contributed by atoms with Gasteiger partial charge >= 0.3 is 0 Å². The molecular weight excluding hydrogens is 426 g/mol. The van der Waals surface area contributed by atoms with Gasteiger partial charge in [-0.05, 0) is 62.3 Å². The van der Waals surface area contributed by atoms with Gasteiger partial charge in [-0.2, -0.15) is 0 Å². The fraction of sp³-hybridized carbons (Fsp3) is 1.00. The highest BCUT2D eigenvalue weighted by Crippen LogP contribution is 1.88. The van der Waals surface area contributed by atoms with Gasteiger partial charge < -0.3 is 17.2 Å². The average Bonchev–Trinajstić information content (AvgIpc) is 1.41. The number of hydrogen-bond donors (Lipinski definition) is 3. The lowest BCUT2D eigenvalue weighted by atomic mass is 10.1. The van der Waals surface area contributed by atoms with Crippen molar-refractivity contribution >= 4 is 50.9 Å². The van der Waals surface area contributed by atoms with E-state index in [1.165, 1.54) is 0 Å². The summed E-state index contributed by atoms with van der Waals surface area (Å²) < 4.78 is 0. The molecule has 0 aromatic carbocycles. The minimum Gasteiger partial charge on any atom is -0.326 e. The molecule has 3 nitrogen and oxygen atoms in total. The van der Waals surface area contributed by atoms with E-state index < -0.39 is 0 Å². The Labute approximate surface area is 146 Å². The molecule has 18 heavy (non-hydrogen) atoms. The summed E-state index contributed by atoms with van der Waals surface area (Å²) in [5, 5.41) is 0. The maximum absolute atomic E-state index is 5.35. The van der Waals surface area contributed by atoms with E-state index in [9.17, 15) is 0 Å². The molecule has 0 unspecified atom stereocenters. The summed E-state index contributed by atoms with van der Waals surface area (Å²) in [4.78, 5) is 0. The van der Waals surface area contributed by atoms with Gasteiger partial charge in [-0.1, -0.05) is 0 Å². The molecule has 6 N–H and O–H groups in total. The Hall–Kier alpha value is 1.32. The van der Waals surface area contributed by atoms with Crippen LogP contribution in [0.3, 0.4) is 0 Å². The second-order valence-corrected chi connectivity index (χ2v) is 7.10. The van der Waals surface area contributed by atoms with Crippen LogP contribution in [0.15, 0.2) is 0 Å². The lowest BCUT2D eigenvalue weighted by Crippen LogP contribution is -2.26. The van der Waals surface area contributed by atoms with Gasteiger partial charge in [0.15, 0.2) is 0 Å². The van der Waals surface area contributed by atoms with Crippen LogP contribution >= 0.6 is 50.9 Å². The zero-order chi connectivity index (χ0) is 13.5. The predicted molar refractivity (Wildman–Crippen MR) is 103 cm³/mol. The largest absolute Gasteiger partial charge is 0.326 e. The Balaban J connectivity index is -0.0000000277. The van der Waals surface area contributed by atoms with Crippen molar-refractivity contribution in [3.8, 4) is 0 Å². The standard InChI is InChI=1S/3C4H11N.3BrH/c3*1-4(2,3)5;;;/h3*5H2,1-3H3;3*1H. The molecule has 0 aromatic rings. The summed E-state index contributed by atoms with van der Waals surface area (Å²) >= 11 is 0. The van der Waals surface area contributed by atoms with Gasteiger partial charge in [0.2, 0.25) is 0 Å². The highest BCUT2D eigenvalue weighted by atomic mass is 79.9. The molecule has 0 saturated heterocycles. The van der Waals surface area contributed by atoms with Crippen molar-refractivity contribution in [2.75, 3.05) is 0 Å². The number of rotatable bonds is 0. The zero-order valence-electron chi connectivity index (χ0n) is 13.5. The van der Waals surface area contributed by atoms with E-state index in [-0.39, 0.29) is 67.6 Å². The van der Waals surface area contributed by atoms with Crippen molar-refractivity contribution in [2.24, 2.45) is 17.2 Å². The second-order valence-electron chi connectivity index (χ2n) is 7.10. The molecule has 0 aliphatic heterocycles. The topological polar surface area (TPSA) is 78.1 Å². The van der Waals surface area contributed by atoms with Crippen LogP contribution in [0.5, 0.6) is 0 Å². The van der Waals surface area contributed by atoms with E-state index in [1.54, 1.807) is 0 Å². The highest BCUT2D eigenvalue weighted by Gasteiger charge is 1.96. The number of halogens is 3. The second kappa shape index (κ2) is 14.7. The van der Waals surface area contributed by atoms with Crippen LogP contribution in [-0.4, -0.2) is 16.6 Å². The molecule has 0 fully saturated rings. The SMILES string of the molecule is Br.Br.Br.CC(C)(C)N.CC(C)(C)N.CC(C)(C)N. The third kappa shape index (κ3) is 2650. The Bertz CT molecular complexity index is 97.6. The van der Waals surface area contributed by atoms with Crippen molar-refractivity contribution in [2.45, 2.75) is 78.9 Å². The zero-order valence-corrected chi connectivity index (χ0v) is 18.6. The summed E-state index contributed by atoms with van der Waals surface area (Å²) in [6.07, 6.45) is 0. The van der Waals surface area contributed by atoms with Crippen LogP contribution in [-0.2, 0) is 0 Å². The molecule has 0 spiro atoms. The molecular formula is C12H36Br3N3. The molecule has 0 aliphatic carbocycles. The molecule has 0 bridgehead atoms. The normalized spacial score (nSPS) is 10.0. The van der Waals surface area contributed by atoms with Crippen LogP contribution < -0.4 is 17.2 Å². The third-order valence-corrected chi connectivity index (χ3v) is 0. The number of hydrogen-bond acceptors (Lipinski definition) is 3. The molecule has 0 aromatic heterocycles. The maximum Gasteiger partial charge on any atom is 0.00686 e. The summed E-state index contributed by atoms with van der Waals surface area (Å²) in [6, 6.07) is 0. The first-order valence-corrected chi connectivity index (χ1v) is 5.37. The van der Waals surface area contributed by atoms with Crippen molar-refractivity contribution in [1.29, 1.82) is 0 Å². The summed E-state index contributed by atoms with van der Waals surface area (Å²) in [7, 11) is 0. The predicted octanol–water partition coefficient (Wildman–Crippen LogP) is 3.96. The van der Waals surface area contributed by atoms with Crippen LogP contribution in [0, 0.1) is 0 Å². The molecule has 0 atom stereocenters. The third-order valence-electron chi connectivity index (χ3n) is 0. The molecule has 0 amide bonds. The summed E-state index contributed by atoms with van der Waals surface area (Å²) in [5.74, 6) is 0. The lowest BCUT2D eigenvalue weighted by Gasteiger charge is -2.06. The molecule has 120 valence electrons. The maximum atomic E-state index is 5.35. The van der Waals surface area contributed by atoms with E-state index in [2.05, 4.69) is 0 Å². The van der Waals surface area contributed by atoms with Gasteiger partial charge in [0.25, 0.3) is 0 Å². The quantitative estimate of drug-likeness (QED) is 0.510. The molecule has 0 rings (SSSR count). The van der Waals surface area contributed by atoms with Gasteiger partial charge in [0.05, 0.1) is 0 Å². The Morgan fingerprint density at radius 3 is 0.389 bits per heavy atom. The average molecular weight is 462 g/mol. The molecule has 6 heteroatoms. The fourth-order valence-corrected chi connectivity index (χ4v) is 0. The van der Waals surface area contributed by atoms with Crippen LogP contribution in [0.4, 0.5) is 0 Å². The van der Waals surface area contributed by atoms with E-state index in [0.29, 0.717) is 0 Å².